The second-order valence-corrected chi connectivity index (χ2v) is 12.3. The van der Waals surface area contributed by atoms with Crippen LogP contribution in [0, 0.1) is 17.7 Å². The van der Waals surface area contributed by atoms with Crippen LogP contribution in [0.2, 0.25) is 0 Å². The lowest BCUT2D eigenvalue weighted by Crippen LogP contribution is -2.41. The summed E-state index contributed by atoms with van der Waals surface area (Å²) in [5.41, 5.74) is 10.9. The summed E-state index contributed by atoms with van der Waals surface area (Å²) in [7, 11) is 1.86. The Balaban J connectivity index is 1.25. The van der Waals surface area contributed by atoms with Crippen LogP contribution in [0.15, 0.2) is 36.4 Å². The first-order valence-corrected chi connectivity index (χ1v) is 14.7. The highest BCUT2D eigenvalue weighted by Crippen LogP contribution is 2.49. The van der Waals surface area contributed by atoms with E-state index in [1.807, 2.05) is 16.5 Å². The Morgan fingerprint density at radius 3 is 2.62 bits per heavy atom. The highest BCUT2D eigenvalue weighted by atomic mass is 19.1. The Morgan fingerprint density at radius 1 is 1.07 bits per heavy atom. The van der Waals surface area contributed by atoms with E-state index in [4.69, 9.17) is 10.7 Å². The van der Waals surface area contributed by atoms with Gasteiger partial charge in [0.1, 0.15) is 11.3 Å². The van der Waals surface area contributed by atoms with Crippen molar-refractivity contribution in [3.8, 4) is 11.5 Å². The van der Waals surface area contributed by atoms with E-state index in [1.54, 1.807) is 6.07 Å². The quantitative estimate of drug-likeness (QED) is 0.384. The van der Waals surface area contributed by atoms with E-state index in [2.05, 4.69) is 33.7 Å². The molecule has 1 saturated heterocycles. The molecule has 2 bridgehead atoms. The Kier molecular flexibility index (Phi) is 5.35. The second kappa shape index (κ2) is 8.78. The fraction of sp³-hybridized carbons (Fsp3) is 0.484. The normalized spacial score (nSPS) is 25.6. The molecule has 1 unspecified atom stereocenters. The van der Waals surface area contributed by atoms with Gasteiger partial charge in [-0.15, -0.1) is 0 Å². The molecule has 8 rings (SSSR count). The van der Waals surface area contributed by atoms with Crippen LogP contribution in [0.25, 0.3) is 33.5 Å². The van der Waals surface area contributed by atoms with Crippen LogP contribution in [0.4, 0.5) is 10.1 Å². The Labute approximate surface area is 232 Å². The maximum Gasteiger partial charge on any atom is 0.254 e. The largest absolute Gasteiger partial charge is 0.396 e. The number of likely N-dealkylation sites (tertiary alicyclic amines) is 1. The molecule has 40 heavy (non-hydrogen) atoms. The summed E-state index contributed by atoms with van der Waals surface area (Å²) in [6.45, 7) is 2.53. The number of nitrogens with zero attached hydrogens (tertiary/aromatic N) is 5. The number of hydrogen-bond acceptors (Lipinski definition) is 5. The van der Waals surface area contributed by atoms with Gasteiger partial charge in [-0.25, -0.2) is 9.37 Å². The topological polar surface area (TPSA) is 92.5 Å². The first-order chi connectivity index (χ1) is 19.4. The van der Waals surface area contributed by atoms with Crippen LogP contribution < -0.4 is 10.6 Å². The van der Waals surface area contributed by atoms with Gasteiger partial charge in [0.2, 0.25) is 0 Å². The number of anilines is 1. The number of aliphatic hydroxyl groups excluding tert-OH is 1. The van der Waals surface area contributed by atoms with Crippen LogP contribution in [0.5, 0.6) is 0 Å². The molecule has 4 heterocycles. The summed E-state index contributed by atoms with van der Waals surface area (Å²) in [5.74, 6) is 1.06. The number of halogens is 1. The number of nitrogens with two attached hydrogens (primary N) is 1. The van der Waals surface area contributed by atoms with E-state index in [9.17, 15) is 9.90 Å². The van der Waals surface area contributed by atoms with Gasteiger partial charge in [-0.3, -0.25) is 4.79 Å². The number of aryl methyl sites for hydroxylation is 1. The lowest BCUT2D eigenvalue weighted by atomic mass is 10.1. The molecule has 3 fully saturated rings. The molecule has 4 aliphatic rings. The molecule has 0 spiro atoms. The minimum atomic E-state index is -0.430. The monoisotopic (exact) mass is 542 g/mol. The van der Waals surface area contributed by atoms with E-state index in [0.29, 0.717) is 40.8 Å². The minimum Gasteiger partial charge on any atom is -0.396 e. The Bertz CT molecular complexity index is 1670. The molecule has 3 N–H and O–H groups in total. The second-order valence-electron chi connectivity index (χ2n) is 12.3. The van der Waals surface area contributed by atoms with Crippen molar-refractivity contribution in [3.05, 3.63) is 47.8 Å². The number of imidazole rings is 1. The van der Waals surface area contributed by atoms with E-state index < -0.39 is 5.82 Å². The minimum absolute atomic E-state index is 0.0170. The number of aromatic nitrogens is 3. The third-order valence-corrected chi connectivity index (χ3v) is 9.98. The molecule has 2 aromatic carbocycles. The molecule has 2 saturated carbocycles. The zero-order valence-corrected chi connectivity index (χ0v) is 22.8. The number of para-hydroxylation sites is 1. The molecular weight excluding hydrogens is 507 g/mol. The van der Waals surface area contributed by atoms with Crippen LogP contribution in [0.3, 0.4) is 0 Å². The Morgan fingerprint density at radius 2 is 1.90 bits per heavy atom. The summed E-state index contributed by atoms with van der Waals surface area (Å²) in [4.78, 5) is 22.7. The van der Waals surface area contributed by atoms with Gasteiger partial charge in [0.15, 0.2) is 5.82 Å². The van der Waals surface area contributed by atoms with Crippen LogP contribution >= 0.6 is 0 Å². The van der Waals surface area contributed by atoms with Gasteiger partial charge in [-0.1, -0.05) is 12.1 Å². The van der Waals surface area contributed by atoms with Crippen molar-refractivity contribution >= 4 is 33.5 Å². The molecule has 208 valence electrons. The molecule has 8 nitrogen and oxygen atoms in total. The van der Waals surface area contributed by atoms with E-state index >= 15 is 4.39 Å². The average molecular weight is 543 g/mol. The molecule has 4 aromatic rings. The molecule has 4 atom stereocenters. The molecule has 1 amide bonds. The van der Waals surface area contributed by atoms with Gasteiger partial charge in [-0.2, -0.15) is 0 Å². The summed E-state index contributed by atoms with van der Waals surface area (Å²) in [5, 5.41) is 10.6. The van der Waals surface area contributed by atoms with E-state index in [-0.39, 0.29) is 30.6 Å². The van der Waals surface area contributed by atoms with Crippen molar-refractivity contribution in [2.24, 2.45) is 24.6 Å². The zero-order valence-electron chi connectivity index (χ0n) is 22.8. The lowest BCUT2D eigenvalue weighted by molar-refractivity contribution is 0.0700. The first-order valence-electron chi connectivity index (χ1n) is 14.7. The number of hydrogen-bond donors (Lipinski definition) is 2. The molecular formula is C31H35FN6O2. The standard InChI is InChI=1S/C31H35FN6O2/c1-35-29-21(32)12-20(31(40)37-15-19-8-9-23(37)27(19)33)13-22(29)34-30(35)25-14-18-4-2-5-24-28(18)38(25)26(17-6-7-17)16-36(24)10-3-11-39/h2,4-5,12-14,17,19,23,26-27,39H,3,6-11,15-16,33H2,1H3/t19-,23-,26?,27-/m1/s1. The zero-order chi connectivity index (χ0) is 27.3. The average Bonchev–Trinajstić information content (AvgIpc) is 3.41. The van der Waals surface area contributed by atoms with Gasteiger partial charge in [0.05, 0.1) is 28.5 Å². The van der Waals surface area contributed by atoms with Crippen molar-refractivity contribution in [2.45, 2.75) is 50.2 Å². The fourth-order valence-electron chi connectivity index (χ4n) is 7.85. The van der Waals surface area contributed by atoms with Crippen LogP contribution in [-0.4, -0.2) is 68.4 Å². The van der Waals surface area contributed by atoms with Gasteiger partial charge in [0.25, 0.3) is 5.91 Å². The lowest BCUT2D eigenvalue weighted by Gasteiger charge is -2.37. The molecule has 0 radical (unpaired) electrons. The first kappa shape index (κ1) is 24.4. The number of rotatable bonds is 6. The summed E-state index contributed by atoms with van der Waals surface area (Å²) in [6, 6.07) is 12.0. The van der Waals surface area contributed by atoms with Gasteiger partial charge in [-0.05, 0) is 68.2 Å². The fourth-order valence-corrected chi connectivity index (χ4v) is 7.85. The number of carbonyl (C=O) groups excluding carboxylic acids is 1. The third-order valence-electron chi connectivity index (χ3n) is 9.98. The van der Waals surface area contributed by atoms with Crippen molar-refractivity contribution in [1.29, 1.82) is 0 Å². The highest BCUT2D eigenvalue weighted by Gasteiger charge is 2.47. The van der Waals surface area contributed by atoms with Gasteiger partial charge < -0.3 is 29.8 Å². The number of aliphatic hydroxyl groups is 1. The number of fused-ring (bicyclic) bond motifs is 3. The summed E-state index contributed by atoms with van der Waals surface area (Å²) in [6.07, 6.45) is 5.11. The van der Waals surface area contributed by atoms with Crippen molar-refractivity contribution in [1.82, 2.24) is 19.0 Å². The van der Waals surface area contributed by atoms with Crippen LogP contribution in [-0.2, 0) is 7.05 Å². The van der Waals surface area contributed by atoms with Gasteiger partial charge >= 0.3 is 0 Å². The Hall–Kier alpha value is -3.43. The number of benzene rings is 2. The predicted octanol–water partition coefficient (Wildman–Crippen LogP) is 4.05. The summed E-state index contributed by atoms with van der Waals surface area (Å²) >= 11 is 0. The SMILES string of the molecule is Cn1c(-c2cc3cccc4c3n2C(C2CC2)CN4CCCO)nc2cc(C(=O)N3C[C@H]4CC[C@@H]3[C@@H]4N)cc(F)c21. The van der Waals surface area contributed by atoms with Crippen LogP contribution in [0.1, 0.15) is 48.5 Å². The van der Waals surface area contributed by atoms with Crippen molar-refractivity contribution in [2.75, 3.05) is 31.1 Å². The van der Waals surface area contributed by atoms with Crippen molar-refractivity contribution in [3.63, 3.8) is 0 Å². The summed E-state index contributed by atoms with van der Waals surface area (Å²) < 4.78 is 20.0. The number of piperidine rings is 1. The molecule has 2 aliphatic heterocycles. The molecule has 9 heteroatoms. The van der Waals surface area contributed by atoms with E-state index in [0.717, 1.165) is 43.4 Å². The molecule has 2 aliphatic carbocycles. The van der Waals surface area contributed by atoms with E-state index in [1.165, 1.54) is 30.1 Å². The third kappa shape index (κ3) is 3.43. The predicted molar refractivity (Wildman–Crippen MR) is 153 cm³/mol. The number of amides is 1. The number of carbonyl (C=O) groups is 1. The highest BCUT2D eigenvalue weighted by molar-refractivity contribution is 6.00. The smallest absolute Gasteiger partial charge is 0.254 e. The van der Waals surface area contributed by atoms with Gasteiger partial charge in [0, 0.05) is 56.3 Å². The molecule has 2 aromatic heterocycles. The maximum absolute atomic E-state index is 15.7. The van der Waals surface area contributed by atoms with Crippen molar-refractivity contribution < 1.29 is 14.3 Å². The maximum atomic E-state index is 15.7.